The average Bonchev–Trinajstić information content (AvgIpc) is 2.55. The van der Waals surface area contributed by atoms with Crippen LogP contribution in [0.3, 0.4) is 0 Å². The van der Waals surface area contributed by atoms with Crippen LogP contribution in [-0.4, -0.2) is 25.5 Å². The Morgan fingerprint density at radius 3 is 1.26 bits per heavy atom. The van der Waals surface area contributed by atoms with E-state index in [2.05, 4.69) is 27.7 Å². The van der Waals surface area contributed by atoms with Crippen LogP contribution in [0.4, 0.5) is 0 Å². The van der Waals surface area contributed by atoms with Gasteiger partial charge < -0.3 is 9.05 Å². The van der Waals surface area contributed by atoms with Crippen molar-refractivity contribution in [1.82, 2.24) is 0 Å². The summed E-state index contributed by atoms with van der Waals surface area (Å²) in [6.07, 6.45) is 14.2. The van der Waals surface area contributed by atoms with Crippen molar-refractivity contribution in [2.45, 2.75) is 91.9 Å². The first kappa shape index (κ1) is 23.7. The van der Waals surface area contributed by atoms with Crippen LogP contribution in [-0.2, 0) is 13.4 Å². The van der Waals surface area contributed by atoms with E-state index in [-0.39, 0.29) is 0 Å². The Balaban J connectivity index is 4.31. The highest BCUT2D eigenvalue weighted by Gasteiger charge is 2.19. The monoisotopic (exact) mass is 366 g/mol. The van der Waals surface area contributed by atoms with E-state index in [4.69, 9.17) is 13.4 Å². The van der Waals surface area contributed by atoms with E-state index in [1.807, 2.05) is 0 Å². The highest BCUT2D eigenvalue weighted by molar-refractivity contribution is 7.60. The topological polar surface area (TPSA) is 27.7 Å². The van der Waals surface area contributed by atoms with Gasteiger partial charge in [0, 0.05) is 12.3 Å². The summed E-state index contributed by atoms with van der Waals surface area (Å²) in [5.41, 5.74) is 0. The number of rotatable bonds is 18. The van der Waals surface area contributed by atoms with Crippen LogP contribution in [0, 0.1) is 0 Å². The lowest BCUT2D eigenvalue weighted by atomic mass is 10.3. The first-order valence-electron chi connectivity index (χ1n) is 9.77. The molecule has 140 valence electrons. The van der Waals surface area contributed by atoms with E-state index in [0.717, 1.165) is 38.4 Å². The largest absolute Gasteiger partial charge is 0.334 e. The first-order chi connectivity index (χ1) is 11.3. The average molecular weight is 366 g/mol. The summed E-state index contributed by atoms with van der Waals surface area (Å²) in [5.74, 6) is 0. The van der Waals surface area contributed by atoms with Gasteiger partial charge in [-0.15, -0.1) is 0 Å². The molecule has 0 rings (SSSR count). The summed E-state index contributed by atoms with van der Waals surface area (Å²) >= 11 is 0. The molecule has 0 spiro atoms. The van der Waals surface area contributed by atoms with E-state index in [0.29, 0.717) is 0 Å². The second-order valence-electron chi connectivity index (χ2n) is 5.98. The van der Waals surface area contributed by atoms with Crippen LogP contribution < -0.4 is 0 Å². The van der Waals surface area contributed by atoms with Crippen LogP contribution in [0.15, 0.2) is 0 Å². The minimum absolute atomic E-state index is 0.761. The quantitative estimate of drug-likeness (QED) is 0.184. The summed E-state index contributed by atoms with van der Waals surface area (Å²) in [7, 11) is -1.52. The molecule has 0 aromatic carbocycles. The molecule has 0 N–H and O–H groups in total. The zero-order chi connectivity index (χ0) is 17.2. The second kappa shape index (κ2) is 19.1. The van der Waals surface area contributed by atoms with Crippen LogP contribution >= 0.6 is 16.8 Å². The summed E-state index contributed by atoms with van der Waals surface area (Å²) < 4.78 is 18.4. The Bertz CT molecular complexity index is 188. The number of unbranched alkanes of at least 4 members (excludes halogenated alkanes) is 6. The van der Waals surface area contributed by atoms with Crippen molar-refractivity contribution < 1.29 is 13.4 Å². The van der Waals surface area contributed by atoms with Crippen molar-refractivity contribution in [3.63, 3.8) is 0 Å². The normalized spacial score (nSPS) is 14.1. The molecule has 0 aliphatic rings. The Labute approximate surface area is 148 Å². The molecule has 2 unspecified atom stereocenters. The zero-order valence-corrected chi connectivity index (χ0v) is 17.8. The van der Waals surface area contributed by atoms with Crippen molar-refractivity contribution in [2.24, 2.45) is 0 Å². The van der Waals surface area contributed by atoms with Gasteiger partial charge in [-0.2, -0.15) is 0 Å². The van der Waals surface area contributed by atoms with Crippen molar-refractivity contribution in [2.75, 3.05) is 25.5 Å². The standard InChI is InChI=1S/C18H40O3P2/c1-5-9-13-17-22(19-15-11-7-3)21-23(18-14-10-6-2)20-16-12-8-4/h5-18H2,1-4H3. The molecule has 0 saturated heterocycles. The van der Waals surface area contributed by atoms with E-state index in [1.54, 1.807) is 0 Å². The third-order valence-corrected chi connectivity index (χ3v) is 7.30. The summed E-state index contributed by atoms with van der Waals surface area (Å²) in [4.78, 5) is 0. The highest BCUT2D eigenvalue weighted by Crippen LogP contribution is 2.55. The third-order valence-electron chi connectivity index (χ3n) is 3.54. The highest BCUT2D eigenvalue weighted by atomic mass is 31.2. The molecule has 0 aromatic heterocycles. The Morgan fingerprint density at radius 1 is 0.522 bits per heavy atom. The van der Waals surface area contributed by atoms with Gasteiger partial charge in [0.2, 0.25) is 0 Å². The van der Waals surface area contributed by atoms with E-state index < -0.39 is 16.8 Å². The van der Waals surface area contributed by atoms with Crippen LogP contribution in [0.1, 0.15) is 91.9 Å². The zero-order valence-electron chi connectivity index (χ0n) is 16.0. The van der Waals surface area contributed by atoms with Gasteiger partial charge in [0.05, 0.1) is 13.2 Å². The summed E-state index contributed by atoms with van der Waals surface area (Å²) in [6, 6.07) is 0. The molecule has 3 nitrogen and oxygen atoms in total. The molecule has 2 atom stereocenters. The number of hydrogen-bond acceptors (Lipinski definition) is 3. The lowest BCUT2D eigenvalue weighted by Gasteiger charge is -2.23. The Morgan fingerprint density at radius 2 is 0.913 bits per heavy atom. The van der Waals surface area contributed by atoms with Crippen LogP contribution in [0.5, 0.6) is 0 Å². The molecule has 0 aliphatic heterocycles. The first-order valence-corrected chi connectivity index (χ1v) is 12.5. The SMILES string of the molecule is CCCCCP(OCCCC)OP(CCCCC)OCCCC. The van der Waals surface area contributed by atoms with E-state index in [9.17, 15) is 0 Å². The van der Waals surface area contributed by atoms with Gasteiger partial charge in [0.25, 0.3) is 0 Å². The molecule has 5 heteroatoms. The van der Waals surface area contributed by atoms with Crippen LogP contribution in [0.25, 0.3) is 0 Å². The fraction of sp³-hybridized carbons (Fsp3) is 1.00. The van der Waals surface area contributed by atoms with Gasteiger partial charge in [-0.25, -0.2) is 0 Å². The molecule has 0 radical (unpaired) electrons. The fourth-order valence-corrected chi connectivity index (χ4v) is 5.69. The molecule has 23 heavy (non-hydrogen) atoms. The van der Waals surface area contributed by atoms with Gasteiger partial charge >= 0.3 is 0 Å². The molecule has 0 amide bonds. The molecular weight excluding hydrogens is 326 g/mol. The molecule has 0 saturated carbocycles. The molecule has 0 aromatic rings. The van der Waals surface area contributed by atoms with E-state index in [1.165, 1.54) is 51.4 Å². The van der Waals surface area contributed by atoms with E-state index >= 15 is 0 Å². The lowest BCUT2D eigenvalue weighted by molar-refractivity contribution is 0.278. The maximum absolute atomic E-state index is 6.32. The van der Waals surface area contributed by atoms with Crippen molar-refractivity contribution in [3.8, 4) is 0 Å². The molecular formula is C18H40O3P2. The van der Waals surface area contributed by atoms with Gasteiger partial charge in [0.15, 0.2) is 16.8 Å². The third kappa shape index (κ3) is 16.0. The second-order valence-corrected chi connectivity index (χ2v) is 9.38. The minimum Gasteiger partial charge on any atom is -0.334 e. The summed E-state index contributed by atoms with van der Waals surface area (Å²) in [5, 5.41) is 0. The van der Waals surface area contributed by atoms with Gasteiger partial charge in [-0.1, -0.05) is 66.2 Å². The van der Waals surface area contributed by atoms with Crippen molar-refractivity contribution in [3.05, 3.63) is 0 Å². The number of hydrogen-bond donors (Lipinski definition) is 0. The Kier molecular flexibility index (Phi) is 19.7. The minimum atomic E-state index is -0.761. The molecule has 0 fully saturated rings. The molecule has 0 aliphatic carbocycles. The maximum atomic E-state index is 6.32. The van der Waals surface area contributed by atoms with Crippen molar-refractivity contribution in [1.29, 1.82) is 0 Å². The fourth-order valence-electron chi connectivity index (χ4n) is 1.96. The Hall–Kier alpha value is 0.740. The maximum Gasteiger partial charge on any atom is 0.176 e. The van der Waals surface area contributed by atoms with Gasteiger partial charge in [-0.05, 0) is 25.7 Å². The predicted molar refractivity (Wildman–Crippen MR) is 105 cm³/mol. The smallest absolute Gasteiger partial charge is 0.176 e. The molecule has 0 heterocycles. The lowest BCUT2D eigenvalue weighted by Crippen LogP contribution is -2.00. The predicted octanol–water partition coefficient (Wildman–Crippen LogP) is 7.64. The van der Waals surface area contributed by atoms with Crippen LogP contribution in [0.2, 0.25) is 0 Å². The van der Waals surface area contributed by atoms with Gasteiger partial charge in [0.1, 0.15) is 0 Å². The summed E-state index contributed by atoms with van der Waals surface area (Å²) in [6.45, 7) is 10.6. The molecule has 0 bridgehead atoms. The van der Waals surface area contributed by atoms with Crippen molar-refractivity contribution >= 4 is 16.8 Å². The van der Waals surface area contributed by atoms with Gasteiger partial charge in [-0.3, -0.25) is 4.31 Å².